The molecule has 0 aromatic heterocycles. The zero-order chi connectivity index (χ0) is 18.1. The van der Waals surface area contributed by atoms with Crippen molar-refractivity contribution in [3.63, 3.8) is 0 Å². The molecule has 0 spiro atoms. The van der Waals surface area contributed by atoms with E-state index in [4.69, 9.17) is 21.7 Å². The average Bonchev–Trinajstić information content (AvgIpc) is 2.65. The van der Waals surface area contributed by atoms with Crippen LogP contribution < -0.4 is 20.1 Å². The Bertz CT molecular complexity index is 701. The SMILES string of the molecule is C=CCOc1cccc(NC(=S)N[C@@H](CC)c2ccc(OC)cc2)c1. The number of anilines is 1. The summed E-state index contributed by atoms with van der Waals surface area (Å²) in [6.07, 6.45) is 2.63. The predicted molar refractivity (Wildman–Crippen MR) is 108 cm³/mol. The van der Waals surface area contributed by atoms with E-state index in [1.54, 1.807) is 13.2 Å². The Morgan fingerprint density at radius 2 is 1.96 bits per heavy atom. The highest BCUT2D eigenvalue weighted by Gasteiger charge is 2.11. The molecular weight excluding hydrogens is 332 g/mol. The molecule has 0 bridgehead atoms. The van der Waals surface area contributed by atoms with E-state index in [0.717, 1.165) is 29.2 Å². The Hall–Kier alpha value is -2.53. The fourth-order valence-electron chi connectivity index (χ4n) is 2.40. The maximum atomic E-state index is 5.54. The number of benzene rings is 2. The van der Waals surface area contributed by atoms with Gasteiger partial charge in [0.05, 0.1) is 13.2 Å². The molecule has 5 heteroatoms. The summed E-state index contributed by atoms with van der Waals surface area (Å²) in [6, 6.07) is 15.8. The summed E-state index contributed by atoms with van der Waals surface area (Å²) < 4.78 is 10.7. The molecule has 2 N–H and O–H groups in total. The normalized spacial score (nSPS) is 11.3. The zero-order valence-electron chi connectivity index (χ0n) is 14.6. The van der Waals surface area contributed by atoms with Crippen LogP contribution in [0.5, 0.6) is 11.5 Å². The first-order chi connectivity index (χ1) is 12.2. The van der Waals surface area contributed by atoms with Gasteiger partial charge in [0.2, 0.25) is 0 Å². The topological polar surface area (TPSA) is 42.5 Å². The predicted octanol–water partition coefficient (Wildman–Crippen LogP) is 4.70. The molecule has 4 nitrogen and oxygen atoms in total. The molecule has 0 aliphatic rings. The molecule has 0 aliphatic carbocycles. The largest absolute Gasteiger partial charge is 0.497 e. The molecular formula is C20H24N2O2S. The number of nitrogens with one attached hydrogen (secondary N) is 2. The molecule has 0 radical (unpaired) electrons. The fraction of sp³-hybridized carbons (Fsp3) is 0.250. The van der Waals surface area contributed by atoms with Crippen LogP contribution in [0.3, 0.4) is 0 Å². The van der Waals surface area contributed by atoms with E-state index in [0.29, 0.717) is 11.7 Å². The van der Waals surface area contributed by atoms with E-state index < -0.39 is 0 Å². The second kappa shape index (κ2) is 9.69. The van der Waals surface area contributed by atoms with Crippen molar-refractivity contribution in [2.24, 2.45) is 0 Å². The van der Waals surface area contributed by atoms with Crippen molar-refractivity contribution in [2.75, 3.05) is 19.0 Å². The second-order valence-electron chi connectivity index (χ2n) is 5.46. The monoisotopic (exact) mass is 356 g/mol. The second-order valence-corrected chi connectivity index (χ2v) is 5.87. The molecule has 2 aromatic rings. The Balaban J connectivity index is 1.98. The lowest BCUT2D eigenvalue weighted by atomic mass is 10.0. The lowest BCUT2D eigenvalue weighted by Crippen LogP contribution is -2.32. The third-order valence-corrected chi connectivity index (χ3v) is 3.91. The lowest BCUT2D eigenvalue weighted by Gasteiger charge is -2.20. The van der Waals surface area contributed by atoms with Crippen LogP contribution in [0.2, 0.25) is 0 Å². The first-order valence-corrected chi connectivity index (χ1v) is 8.62. The highest BCUT2D eigenvalue weighted by atomic mass is 32.1. The summed E-state index contributed by atoms with van der Waals surface area (Å²) in [5.74, 6) is 1.62. The highest BCUT2D eigenvalue weighted by Crippen LogP contribution is 2.21. The summed E-state index contributed by atoms with van der Waals surface area (Å²) in [5, 5.41) is 7.13. The van der Waals surface area contributed by atoms with Gasteiger partial charge in [-0.05, 0) is 48.5 Å². The molecule has 0 saturated heterocycles. The van der Waals surface area contributed by atoms with Crippen LogP contribution in [0.4, 0.5) is 5.69 Å². The maximum Gasteiger partial charge on any atom is 0.171 e. The Labute approximate surface area is 154 Å². The number of hydrogen-bond donors (Lipinski definition) is 2. The van der Waals surface area contributed by atoms with E-state index in [1.165, 1.54) is 0 Å². The van der Waals surface area contributed by atoms with Gasteiger partial charge in [0.25, 0.3) is 0 Å². The van der Waals surface area contributed by atoms with Gasteiger partial charge in [-0.15, -0.1) is 0 Å². The Morgan fingerprint density at radius 3 is 2.60 bits per heavy atom. The number of methoxy groups -OCH3 is 1. The minimum Gasteiger partial charge on any atom is -0.497 e. The van der Waals surface area contributed by atoms with Crippen molar-refractivity contribution in [1.82, 2.24) is 5.32 Å². The molecule has 0 saturated carbocycles. The van der Waals surface area contributed by atoms with Crippen molar-refractivity contribution in [1.29, 1.82) is 0 Å². The van der Waals surface area contributed by atoms with Gasteiger partial charge in [0, 0.05) is 11.8 Å². The van der Waals surface area contributed by atoms with Gasteiger partial charge in [-0.25, -0.2) is 0 Å². The molecule has 132 valence electrons. The van der Waals surface area contributed by atoms with Crippen LogP contribution >= 0.6 is 12.2 Å². The van der Waals surface area contributed by atoms with Gasteiger partial charge >= 0.3 is 0 Å². The molecule has 0 unspecified atom stereocenters. The van der Waals surface area contributed by atoms with Crippen molar-refractivity contribution < 1.29 is 9.47 Å². The maximum absolute atomic E-state index is 5.54. The van der Waals surface area contributed by atoms with Gasteiger partial charge in [0.15, 0.2) is 5.11 Å². The van der Waals surface area contributed by atoms with E-state index in [-0.39, 0.29) is 6.04 Å². The number of rotatable bonds is 8. The van der Waals surface area contributed by atoms with E-state index in [1.807, 2.05) is 48.5 Å². The summed E-state index contributed by atoms with van der Waals surface area (Å²) in [6.45, 7) is 6.24. The van der Waals surface area contributed by atoms with Crippen LogP contribution in [0.1, 0.15) is 24.9 Å². The summed E-state index contributed by atoms with van der Waals surface area (Å²) in [4.78, 5) is 0. The van der Waals surface area contributed by atoms with Gasteiger partial charge in [-0.1, -0.05) is 37.8 Å². The van der Waals surface area contributed by atoms with Crippen LogP contribution in [-0.4, -0.2) is 18.8 Å². The smallest absolute Gasteiger partial charge is 0.171 e. The minimum absolute atomic E-state index is 0.131. The average molecular weight is 356 g/mol. The van der Waals surface area contributed by atoms with Crippen LogP contribution in [0.25, 0.3) is 0 Å². The minimum atomic E-state index is 0.131. The van der Waals surface area contributed by atoms with Crippen LogP contribution in [-0.2, 0) is 0 Å². The van der Waals surface area contributed by atoms with E-state index in [9.17, 15) is 0 Å². The van der Waals surface area contributed by atoms with E-state index >= 15 is 0 Å². The van der Waals surface area contributed by atoms with Gasteiger partial charge in [0.1, 0.15) is 18.1 Å². The van der Waals surface area contributed by atoms with Crippen LogP contribution in [0.15, 0.2) is 61.2 Å². The molecule has 0 heterocycles. The molecule has 1 atom stereocenters. The van der Waals surface area contributed by atoms with Gasteiger partial charge in [-0.2, -0.15) is 0 Å². The van der Waals surface area contributed by atoms with Crippen molar-refractivity contribution in [3.05, 3.63) is 66.7 Å². The third-order valence-electron chi connectivity index (χ3n) is 3.69. The van der Waals surface area contributed by atoms with Gasteiger partial charge < -0.3 is 20.1 Å². The van der Waals surface area contributed by atoms with Crippen molar-refractivity contribution in [3.8, 4) is 11.5 Å². The Morgan fingerprint density at radius 1 is 1.20 bits per heavy atom. The summed E-state index contributed by atoms with van der Waals surface area (Å²) >= 11 is 5.45. The number of thiocarbonyl (C=S) groups is 1. The lowest BCUT2D eigenvalue weighted by molar-refractivity contribution is 0.363. The van der Waals surface area contributed by atoms with Crippen LogP contribution in [0, 0.1) is 0 Å². The van der Waals surface area contributed by atoms with Crippen molar-refractivity contribution in [2.45, 2.75) is 19.4 Å². The zero-order valence-corrected chi connectivity index (χ0v) is 15.4. The molecule has 2 rings (SSSR count). The molecule has 2 aromatic carbocycles. The number of hydrogen-bond acceptors (Lipinski definition) is 3. The third kappa shape index (κ3) is 5.80. The molecule has 25 heavy (non-hydrogen) atoms. The summed E-state index contributed by atoms with van der Waals surface area (Å²) in [7, 11) is 1.66. The Kier molecular flexibility index (Phi) is 7.29. The summed E-state index contributed by atoms with van der Waals surface area (Å²) in [5.41, 5.74) is 2.04. The van der Waals surface area contributed by atoms with Crippen molar-refractivity contribution >= 4 is 23.0 Å². The first-order valence-electron chi connectivity index (χ1n) is 8.21. The highest BCUT2D eigenvalue weighted by molar-refractivity contribution is 7.80. The van der Waals surface area contributed by atoms with Gasteiger partial charge in [-0.3, -0.25) is 0 Å². The molecule has 0 aliphatic heterocycles. The fourth-order valence-corrected chi connectivity index (χ4v) is 2.66. The number of ether oxygens (including phenoxy) is 2. The van der Waals surface area contributed by atoms with E-state index in [2.05, 4.69) is 24.1 Å². The quantitative estimate of drug-likeness (QED) is 0.530. The molecule has 0 amide bonds. The first kappa shape index (κ1) is 18.8. The standard InChI is InChI=1S/C20H24N2O2S/c1-4-13-24-18-8-6-7-16(14-18)21-20(25)22-19(5-2)15-9-11-17(23-3)12-10-15/h4,6-12,14,19H,1,5,13H2,2-3H3,(H2,21,22,25)/t19-/m0/s1. The molecule has 0 fully saturated rings.